The Balaban J connectivity index is 0.00000301. The van der Waals surface area contributed by atoms with E-state index in [0.717, 1.165) is 30.5 Å². The minimum Gasteiger partial charge on any atom is -0.382 e. The van der Waals surface area contributed by atoms with Crippen molar-refractivity contribution in [1.29, 1.82) is 5.26 Å². The zero-order chi connectivity index (χ0) is 30.5. The van der Waals surface area contributed by atoms with E-state index in [2.05, 4.69) is 23.6 Å². The molecular formula is C30H52N5O6P. The van der Waals surface area contributed by atoms with Gasteiger partial charge in [0.05, 0.1) is 31.6 Å². The van der Waals surface area contributed by atoms with Gasteiger partial charge in [0, 0.05) is 13.2 Å². The van der Waals surface area contributed by atoms with Crippen LogP contribution >= 0.6 is 7.82 Å². The molecule has 0 amide bonds. The number of phosphoric ester groups is 1. The lowest BCUT2D eigenvalue weighted by Crippen LogP contribution is -2.15. The lowest BCUT2D eigenvalue weighted by Gasteiger charge is -2.16. The molecule has 0 bridgehead atoms. The summed E-state index contributed by atoms with van der Waals surface area (Å²) in [6.07, 6.45) is 20.8. The third-order valence-electron chi connectivity index (χ3n) is 7.50. The molecule has 42 heavy (non-hydrogen) atoms. The molecule has 1 fully saturated rings. The van der Waals surface area contributed by atoms with Crippen LogP contribution in [0.3, 0.4) is 0 Å². The third kappa shape index (κ3) is 13.9. The number of unbranched alkanes of at least 4 members (excludes halogenated alkanes) is 13. The molecule has 2 aromatic rings. The molecule has 1 saturated heterocycles. The van der Waals surface area contributed by atoms with Gasteiger partial charge in [-0.1, -0.05) is 90.4 Å². The Morgan fingerprint density at radius 2 is 1.57 bits per heavy atom. The van der Waals surface area contributed by atoms with Crippen molar-refractivity contribution in [2.24, 2.45) is 0 Å². The van der Waals surface area contributed by atoms with Gasteiger partial charge in [-0.05, 0) is 31.4 Å². The van der Waals surface area contributed by atoms with Crippen LogP contribution in [0.25, 0.3) is 5.52 Å². The molecule has 3 rings (SSSR count). The van der Waals surface area contributed by atoms with Gasteiger partial charge in [0.1, 0.15) is 17.9 Å². The van der Waals surface area contributed by atoms with E-state index in [-0.39, 0.29) is 32.0 Å². The third-order valence-corrected chi connectivity index (χ3v) is 8.48. The molecule has 2 aromatic heterocycles. The Kier molecular flexibility index (Phi) is 18.6. The number of nitrogens with zero attached hydrogens (tertiary/aromatic N) is 4. The summed E-state index contributed by atoms with van der Waals surface area (Å²) in [5.41, 5.74) is 7.49. The summed E-state index contributed by atoms with van der Waals surface area (Å²) in [7, 11) is -4.16. The maximum absolute atomic E-state index is 12.2. The molecule has 0 spiro atoms. The SMILES string of the molecule is C#N.CCCCCCCCCCCCCCCCOCCOP(=O)(O)OCC1CCC(c2ccc3c(N)ncnn23)O1. The molecule has 0 saturated carbocycles. The zero-order valence-electron chi connectivity index (χ0n) is 25.4. The van der Waals surface area contributed by atoms with Crippen LogP contribution in [-0.2, 0) is 23.1 Å². The maximum Gasteiger partial charge on any atom is 0.472 e. The van der Waals surface area contributed by atoms with E-state index in [1.807, 2.05) is 12.1 Å². The molecule has 3 heterocycles. The van der Waals surface area contributed by atoms with Crippen LogP contribution in [0.15, 0.2) is 18.5 Å². The number of rotatable bonds is 23. The van der Waals surface area contributed by atoms with Gasteiger partial charge in [0.15, 0.2) is 5.82 Å². The van der Waals surface area contributed by atoms with Crippen LogP contribution in [0.2, 0.25) is 0 Å². The second-order valence-corrected chi connectivity index (χ2v) is 12.3. The highest BCUT2D eigenvalue weighted by Crippen LogP contribution is 2.44. The second kappa shape index (κ2) is 21.6. The van der Waals surface area contributed by atoms with Crippen molar-refractivity contribution >= 4 is 19.2 Å². The highest BCUT2D eigenvalue weighted by molar-refractivity contribution is 7.47. The Morgan fingerprint density at radius 3 is 2.21 bits per heavy atom. The molecule has 0 radical (unpaired) electrons. The highest BCUT2D eigenvalue weighted by Gasteiger charge is 2.31. The molecule has 238 valence electrons. The molecule has 3 N–H and O–H groups in total. The summed E-state index contributed by atoms with van der Waals surface area (Å²) >= 11 is 0. The van der Waals surface area contributed by atoms with Gasteiger partial charge in [0.2, 0.25) is 0 Å². The van der Waals surface area contributed by atoms with Crippen LogP contribution in [0.1, 0.15) is 121 Å². The van der Waals surface area contributed by atoms with Crippen molar-refractivity contribution in [2.75, 3.05) is 32.2 Å². The number of aromatic nitrogens is 3. The minimum atomic E-state index is -4.16. The van der Waals surface area contributed by atoms with Crippen LogP contribution in [0.4, 0.5) is 5.82 Å². The van der Waals surface area contributed by atoms with E-state index in [1.165, 1.54) is 83.4 Å². The smallest absolute Gasteiger partial charge is 0.382 e. The van der Waals surface area contributed by atoms with Crippen molar-refractivity contribution in [3.63, 3.8) is 0 Å². The number of ether oxygens (including phenoxy) is 2. The Labute approximate surface area is 251 Å². The first kappa shape index (κ1) is 36.1. The second-order valence-electron chi connectivity index (χ2n) is 10.8. The lowest BCUT2D eigenvalue weighted by atomic mass is 10.0. The van der Waals surface area contributed by atoms with Gasteiger partial charge in [-0.3, -0.25) is 9.05 Å². The normalized spacial score (nSPS) is 18.1. The number of nitrogens with two attached hydrogens (primary N) is 1. The van der Waals surface area contributed by atoms with E-state index >= 15 is 0 Å². The summed E-state index contributed by atoms with van der Waals surface area (Å²) in [5, 5.41) is 10.8. The Hall–Kier alpha value is -2.06. The number of fused-ring (bicyclic) bond motifs is 1. The standard InChI is InChI=1S/C29H51N4O6P.CHN/c1-2-3-4-5-6-7-8-9-10-11-12-13-14-15-20-36-21-22-37-40(34,35)38-23-25-16-19-28(39-25)26-17-18-27-29(30)31-24-32-33(26)27;1-2/h17-18,24-25,28H,2-16,19-23H2,1H3,(H,34,35)(H2,30,31,32);1H. The van der Waals surface area contributed by atoms with Gasteiger partial charge in [-0.2, -0.15) is 5.10 Å². The molecule has 3 unspecified atom stereocenters. The van der Waals surface area contributed by atoms with Gasteiger partial charge < -0.3 is 20.1 Å². The van der Waals surface area contributed by atoms with E-state index in [1.54, 1.807) is 4.52 Å². The number of hydrogen-bond acceptors (Lipinski definition) is 9. The van der Waals surface area contributed by atoms with Crippen molar-refractivity contribution in [3.05, 3.63) is 24.2 Å². The van der Waals surface area contributed by atoms with Crippen molar-refractivity contribution in [3.8, 4) is 6.57 Å². The predicted octanol–water partition coefficient (Wildman–Crippen LogP) is 7.30. The van der Waals surface area contributed by atoms with Crippen molar-refractivity contribution in [1.82, 2.24) is 14.6 Å². The fourth-order valence-corrected chi connectivity index (χ4v) is 5.92. The van der Waals surface area contributed by atoms with Gasteiger partial charge in [0.25, 0.3) is 0 Å². The first-order valence-electron chi connectivity index (χ1n) is 15.7. The zero-order valence-corrected chi connectivity index (χ0v) is 26.3. The minimum absolute atomic E-state index is 0.0117. The van der Waals surface area contributed by atoms with Gasteiger partial charge >= 0.3 is 7.82 Å². The van der Waals surface area contributed by atoms with Crippen molar-refractivity contribution in [2.45, 2.75) is 122 Å². The average molecular weight is 610 g/mol. The van der Waals surface area contributed by atoms with Crippen molar-refractivity contribution < 1.29 is 28.0 Å². The molecule has 1 aliphatic heterocycles. The molecule has 3 atom stereocenters. The van der Waals surface area contributed by atoms with Crippen LogP contribution in [-0.4, -0.2) is 52.0 Å². The molecule has 11 nitrogen and oxygen atoms in total. The largest absolute Gasteiger partial charge is 0.472 e. The maximum atomic E-state index is 12.2. The fraction of sp³-hybridized carbons (Fsp3) is 0.767. The predicted molar refractivity (Wildman–Crippen MR) is 164 cm³/mol. The van der Waals surface area contributed by atoms with Crippen LogP contribution < -0.4 is 5.73 Å². The van der Waals surface area contributed by atoms with E-state index < -0.39 is 7.82 Å². The monoisotopic (exact) mass is 609 g/mol. The van der Waals surface area contributed by atoms with E-state index in [0.29, 0.717) is 18.8 Å². The summed E-state index contributed by atoms with van der Waals surface area (Å²) in [6, 6.07) is 3.77. The number of phosphoric acid groups is 1. The number of hydrogen-bond donors (Lipinski definition) is 2. The highest BCUT2D eigenvalue weighted by atomic mass is 31.2. The molecule has 0 aliphatic carbocycles. The van der Waals surface area contributed by atoms with Gasteiger partial charge in [-0.15, -0.1) is 0 Å². The molecule has 1 aliphatic rings. The Bertz CT molecular complexity index is 1050. The first-order chi connectivity index (χ1) is 20.5. The molecule has 12 heteroatoms. The molecular weight excluding hydrogens is 557 g/mol. The number of nitrogen functional groups attached to an aromatic ring is 1. The topological polar surface area (TPSA) is 154 Å². The summed E-state index contributed by atoms with van der Waals surface area (Å²) in [6.45, 7) is 6.66. The van der Waals surface area contributed by atoms with Crippen LogP contribution in [0, 0.1) is 11.8 Å². The fourth-order valence-electron chi connectivity index (χ4n) is 5.19. The summed E-state index contributed by atoms with van der Waals surface area (Å²) in [5.74, 6) is 0.404. The average Bonchev–Trinajstić information content (AvgIpc) is 3.64. The van der Waals surface area contributed by atoms with Gasteiger partial charge in [-0.25, -0.2) is 19.3 Å². The first-order valence-corrected chi connectivity index (χ1v) is 17.2. The van der Waals surface area contributed by atoms with Crippen LogP contribution in [0.5, 0.6) is 0 Å². The summed E-state index contributed by atoms with van der Waals surface area (Å²) < 4.78 is 35.8. The number of nitriles is 1. The number of anilines is 1. The molecule has 0 aromatic carbocycles. The lowest BCUT2D eigenvalue weighted by molar-refractivity contribution is 0.00250. The summed E-state index contributed by atoms with van der Waals surface area (Å²) in [4.78, 5) is 14.0. The van der Waals surface area contributed by atoms with E-state index in [9.17, 15) is 9.46 Å². The Morgan fingerprint density at radius 1 is 0.952 bits per heavy atom. The quantitative estimate of drug-likeness (QED) is 0.0968. The van der Waals surface area contributed by atoms with E-state index in [4.69, 9.17) is 29.5 Å².